The van der Waals surface area contributed by atoms with Gasteiger partial charge in [0.15, 0.2) is 0 Å². The first-order valence-corrected chi connectivity index (χ1v) is 14.0. The van der Waals surface area contributed by atoms with Crippen LogP contribution in [0.25, 0.3) is 0 Å². The van der Waals surface area contributed by atoms with Gasteiger partial charge in [-0.15, -0.1) is 0 Å². The lowest BCUT2D eigenvalue weighted by Gasteiger charge is -2.45. The van der Waals surface area contributed by atoms with Crippen LogP contribution in [0.4, 0.5) is 0 Å². The van der Waals surface area contributed by atoms with Crippen molar-refractivity contribution in [2.24, 2.45) is 0 Å². The molecule has 0 aromatic heterocycles. The van der Waals surface area contributed by atoms with E-state index >= 15 is 0 Å². The van der Waals surface area contributed by atoms with E-state index in [4.69, 9.17) is 9.47 Å². The molecule has 5 atom stereocenters. The molecule has 0 radical (unpaired) electrons. The second-order valence-electron chi connectivity index (χ2n) is 9.94. The van der Waals surface area contributed by atoms with E-state index in [0.29, 0.717) is 6.42 Å². The number of aliphatic hydroxyl groups excluding tert-OH is 4. The summed E-state index contributed by atoms with van der Waals surface area (Å²) in [5, 5.41) is 50.3. The first-order valence-electron chi connectivity index (χ1n) is 14.0. The molecule has 38 heavy (non-hydrogen) atoms. The van der Waals surface area contributed by atoms with E-state index in [1.165, 1.54) is 49.9 Å². The fourth-order valence-corrected chi connectivity index (χ4v) is 4.42. The SMILES string of the molecule is CCCCC/C=C\C/C=C\CCCCCCCC(=O)Oc1ccc([C@@]2(O)O[C@H](CO)[C@@H](O)[C@H](O)[C@H]2O)cc1. The number of hydrogen-bond acceptors (Lipinski definition) is 8. The highest BCUT2D eigenvalue weighted by atomic mass is 16.7. The largest absolute Gasteiger partial charge is 0.427 e. The van der Waals surface area contributed by atoms with Gasteiger partial charge in [0.25, 0.3) is 0 Å². The van der Waals surface area contributed by atoms with Crippen LogP contribution < -0.4 is 4.74 Å². The number of unbranched alkanes of at least 4 members (excludes halogenated alkanes) is 8. The number of carbonyl (C=O) groups is 1. The summed E-state index contributed by atoms with van der Waals surface area (Å²) in [5.41, 5.74) is 0.0860. The van der Waals surface area contributed by atoms with Crippen molar-refractivity contribution in [3.63, 3.8) is 0 Å². The minimum absolute atomic E-state index is 0.0860. The predicted octanol–water partition coefficient (Wildman–Crippen LogP) is 4.02. The topological polar surface area (TPSA) is 137 Å². The Bertz CT molecular complexity index is 850. The zero-order chi connectivity index (χ0) is 27.8. The Balaban J connectivity index is 1.61. The van der Waals surface area contributed by atoms with Crippen molar-refractivity contribution >= 4 is 5.97 Å². The van der Waals surface area contributed by atoms with Crippen LogP contribution in [0.1, 0.15) is 89.5 Å². The number of carbonyl (C=O) groups excluding carboxylic acids is 1. The number of allylic oxidation sites excluding steroid dienone is 4. The second kappa shape index (κ2) is 17.5. The normalized spacial score (nSPS) is 25.8. The monoisotopic (exact) mass is 534 g/mol. The summed E-state index contributed by atoms with van der Waals surface area (Å²) in [6.45, 7) is 1.56. The highest BCUT2D eigenvalue weighted by Gasteiger charge is 2.53. The number of benzene rings is 1. The van der Waals surface area contributed by atoms with E-state index in [-0.39, 0.29) is 17.3 Å². The van der Waals surface area contributed by atoms with Gasteiger partial charge in [0, 0.05) is 12.0 Å². The van der Waals surface area contributed by atoms with Crippen molar-refractivity contribution < 1.29 is 39.8 Å². The molecule has 0 bridgehead atoms. The van der Waals surface area contributed by atoms with Crippen LogP contribution in [0.15, 0.2) is 48.6 Å². The van der Waals surface area contributed by atoms with Gasteiger partial charge < -0.3 is 35.0 Å². The fraction of sp³-hybridized carbons (Fsp3) is 0.633. The third-order valence-corrected chi connectivity index (χ3v) is 6.80. The van der Waals surface area contributed by atoms with Crippen molar-refractivity contribution in [1.29, 1.82) is 0 Å². The maximum atomic E-state index is 12.2. The van der Waals surface area contributed by atoms with Crippen molar-refractivity contribution in [2.75, 3.05) is 6.61 Å². The lowest BCUT2D eigenvalue weighted by molar-refractivity contribution is -0.357. The van der Waals surface area contributed by atoms with Crippen molar-refractivity contribution in [3.05, 3.63) is 54.1 Å². The maximum Gasteiger partial charge on any atom is 0.311 e. The lowest BCUT2D eigenvalue weighted by atomic mass is 9.88. The van der Waals surface area contributed by atoms with E-state index in [2.05, 4.69) is 31.2 Å². The zero-order valence-electron chi connectivity index (χ0n) is 22.6. The average Bonchev–Trinajstić information content (AvgIpc) is 2.92. The molecule has 1 saturated heterocycles. The Morgan fingerprint density at radius 1 is 0.895 bits per heavy atom. The first-order chi connectivity index (χ1) is 18.3. The van der Waals surface area contributed by atoms with E-state index < -0.39 is 36.8 Å². The molecule has 8 heteroatoms. The summed E-state index contributed by atoms with van der Waals surface area (Å²) in [5.74, 6) is -2.42. The minimum atomic E-state index is -2.34. The zero-order valence-corrected chi connectivity index (χ0v) is 22.6. The molecule has 1 aromatic rings. The number of ether oxygens (including phenoxy) is 2. The van der Waals surface area contributed by atoms with Crippen LogP contribution in [0.3, 0.4) is 0 Å². The number of esters is 1. The lowest BCUT2D eigenvalue weighted by Crippen LogP contribution is -2.63. The molecule has 0 unspecified atom stereocenters. The van der Waals surface area contributed by atoms with Gasteiger partial charge in [-0.25, -0.2) is 0 Å². The summed E-state index contributed by atoms with van der Waals surface area (Å²) in [7, 11) is 0. The number of aliphatic hydroxyl groups is 5. The van der Waals surface area contributed by atoms with Gasteiger partial charge >= 0.3 is 5.97 Å². The Labute approximate surface area is 226 Å². The quantitative estimate of drug-likeness (QED) is 0.0875. The molecule has 0 saturated carbocycles. The van der Waals surface area contributed by atoms with Crippen LogP contribution in [-0.2, 0) is 15.3 Å². The van der Waals surface area contributed by atoms with Crippen molar-refractivity contribution in [3.8, 4) is 5.75 Å². The Morgan fingerprint density at radius 3 is 2.13 bits per heavy atom. The highest BCUT2D eigenvalue weighted by molar-refractivity contribution is 5.72. The van der Waals surface area contributed by atoms with Crippen LogP contribution in [-0.4, -0.2) is 62.5 Å². The van der Waals surface area contributed by atoms with E-state index in [1.807, 2.05) is 0 Å². The van der Waals surface area contributed by atoms with Gasteiger partial charge in [-0.05, 0) is 62.8 Å². The summed E-state index contributed by atoms with van der Waals surface area (Å²) in [6.07, 6.45) is 15.1. The molecule has 5 N–H and O–H groups in total. The molecular weight excluding hydrogens is 488 g/mol. The Hall–Kier alpha value is -2.07. The van der Waals surface area contributed by atoms with Gasteiger partial charge in [0.05, 0.1) is 6.61 Å². The van der Waals surface area contributed by atoms with Crippen molar-refractivity contribution in [2.45, 2.75) is 114 Å². The van der Waals surface area contributed by atoms with E-state index in [9.17, 15) is 30.3 Å². The minimum Gasteiger partial charge on any atom is -0.427 e. The second-order valence-corrected chi connectivity index (χ2v) is 9.94. The molecule has 1 fully saturated rings. The molecule has 8 nitrogen and oxygen atoms in total. The smallest absolute Gasteiger partial charge is 0.311 e. The van der Waals surface area contributed by atoms with E-state index in [1.54, 1.807) is 0 Å². The average molecular weight is 535 g/mol. The maximum absolute atomic E-state index is 12.2. The van der Waals surface area contributed by atoms with Crippen LogP contribution in [0, 0.1) is 0 Å². The van der Waals surface area contributed by atoms with Crippen LogP contribution in [0.2, 0.25) is 0 Å². The summed E-state index contributed by atoms with van der Waals surface area (Å²) in [6, 6.07) is 5.68. The molecule has 2 rings (SSSR count). The summed E-state index contributed by atoms with van der Waals surface area (Å²) >= 11 is 0. The van der Waals surface area contributed by atoms with Gasteiger partial charge in [-0.3, -0.25) is 4.79 Å². The molecule has 0 amide bonds. The molecule has 0 spiro atoms. The molecule has 1 heterocycles. The van der Waals surface area contributed by atoms with E-state index in [0.717, 1.165) is 44.9 Å². The third kappa shape index (κ3) is 10.2. The van der Waals surface area contributed by atoms with Gasteiger partial charge in [-0.2, -0.15) is 0 Å². The van der Waals surface area contributed by atoms with Crippen LogP contribution >= 0.6 is 0 Å². The molecule has 1 aliphatic heterocycles. The number of rotatable bonds is 17. The summed E-state index contributed by atoms with van der Waals surface area (Å²) < 4.78 is 10.6. The van der Waals surface area contributed by atoms with Crippen LogP contribution in [0.5, 0.6) is 5.75 Å². The van der Waals surface area contributed by atoms with Gasteiger partial charge in [0.2, 0.25) is 5.79 Å². The molecule has 1 aromatic carbocycles. The van der Waals surface area contributed by atoms with Crippen molar-refractivity contribution in [1.82, 2.24) is 0 Å². The molecule has 214 valence electrons. The number of hydrogen-bond donors (Lipinski definition) is 5. The highest BCUT2D eigenvalue weighted by Crippen LogP contribution is 2.36. The Kier molecular flexibility index (Phi) is 14.8. The van der Waals surface area contributed by atoms with Gasteiger partial charge in [0.1, 0.15) is 30.2 Å². The summed E-state index contributed by atoms with van der Waals surface area (Å²) in [4.78, 5) is 12.2. The standard InChI is InChI=1S/C30H46O8/c1-2-3-4-5-6-7-8-9-10-11-12-13-14-15-16-17-26(32)37-24-20-18-23(19-21-24)30(36)29(35)28(34)27(33)25(22-31)38-30/h6-7,9-10,18-21,25,27-29,31,33-36H,2-5,8,11-17,22H2,1H3/b7-6-,10-9-/t25-,27-,28+,29-,30-/m1/s1. The Morgan fingerprint density at radius 2 is 1.50 bits per heavy atom. The molecule has 1 aliphatic rings. The van der Waals surface area contributed by atoms with Gasteiger partial charge in [-0.1, -0.05) is 63.3 Å². The first kappa shape index (κ1) is 32.1. The fourth-order valence-electron chi connectivity index (χ4n) is 4.42. The molecular formula is C30H46O8. The molecule has 0 aliphatic carbocycles. The third-order valence-electron chi connectivity index (χ3n) is 6.80. The predicted molar refractivity (Wildman–Crippen MR) is 145 cm³/mol.